The number of nitrogens with one attached hydrogen (secondary N) is 1. The van der Waals surface area contributed by atoms with Gasteiger partial charge in [-0.3, -0.25) is 9.59 Å². The van der Waals surface area contributed by atoms with Crippen LogP contribution in [0.15, 0.2) is 48.6 Å². The highest BCUT2D eigenvalue weighted by Gasteiger charge is 2.44. The van der Waals surface area contributed by atoms with Gasteiger partial charge in [0.05, 0.1) is 37.2 Å². The summed E-state index contributed by atoms with van der Waals surface area (Å²) in [6.45, 7) is 1.93. The Hall–Kier alpha value is -3.08. The van der Waals surface area contributed by atoms with Gasteiger partial charge in [0.15, 0.2) is 0 Å². The molecule has 5 atom stereocenters. The van der Waals surface area contributed by atoms with Crippen LogP contribution in [0.2, 0.25) is 5.02 Å². The molecule has 4 aliphatic rings. The Balaban J connectivity index is 1.41. The smallest absolute Gasteiger partial charge is 0.306 e. The lowest BCUT2D eigenvalue weighted by molar-refractivity contribution is -0.140. The van der Waals surface area contributed by atoms with Crippen LogP contribution in [0.5, 0.6) is 5.75 Å². The van der Waals surface area contributed by atoms with Crippen molar-refractivity contribution in [1.82, 2.24) is 4.72 Å². The van der Waals surface area contributed by atoms with Gasteiger partial charge >= 0.3 is 5.97 Å². The van der Waals surface area contributed by atoms with Crippen LogP contribution in [0.1, 0.15) is 66.4 Å². The van der Waals surface area contributed by atoms with Gasteiger partial charge in [-0.25, -0.2) is 13.1 Å². The lowest BCUT2D eigenvalue weighted by atomic mass is 9.68. The van der Waals surface area contributed by atoms with Crippen molar-refractivity contribution in [1.29, 1.82) is 0 Å². The third-order valence-electron chi connectivity index (χ3n) is 10.2. The first-order valence-corrected chi connectivity index (χ1v) is 17.7. The molecule has 2 aliphatic carbocycles. The average Bonchev–Trinajstić information content (AvgIpc) is 3.15. The fourth-order valence-corrected chi connectivity index (χ4v) is 9.15. The first-order valence-electron chi connectivity index (χ1n) is 15.8. The number of nitrogens with zero attached hydrogens (tertiary/aromatic N) is 1. The zero-order valence-corrected chi connectivity index (χ0v) is 27.4. The van der Waals surface area contributed by atoms with Crippen LogP contribution >= 0.6 is 11.6 Å². The van der Waals surface area contributed by atoms with E-state index in [2.05, 4.69) is 21.8 Å². The van der Waals surface area contributed by atoms with Gasteiger partial charge < -0.3 is 19.1 Å². The van der Waals surface area contributed by atoms with E-state index in [1.54, 1.807) is 25.3 Å². The largest absolute Gasteiger partial charge is 0.490 e. The molecule has 2 aromatic rings. The summed E-state index contributed by atoms with van der Waals surface area (Å²) in [6.07, 6.45) is 9.05. The van der Waals surface area contributed by atoms with Crippen molar-refractivity contribution in [3.05, 3.63) is 70.3 Å². The zero-order valence-electron chi connectivity index (χ0n) is 25.8. The van der Waals surface area contributed by atoms with Gasteiger partial charge in [0, 0.05) is 36.2 Å². The number of halogens is 1. The van der Waals surface area contributed by atoms with E-state index in [9.17, 15) is 18.0 Å². The number of carbonyl (C=O) groups excluding carboxylic acids is 2. The van der Waals surface area contributed by atoms with E-state index in [0.29, 0.717) is 37.2 Å². The summed E-state index contributed by atoms with van der Waals surface area (Å²) in [6, 6.07) is 11.3. The Kier molecular flexibility index (Phi) is 9.19. The number of hydrogen-bond donors (Lipinski definition) is 1. The van der Waals surface area contributed by atoms with Crippen LogP contribution in [0, 0.1) is 11.8 Å². The molecule has 0 unspecified atom stereocenters. The monoisotopic (exact) mass is 656 g/mol. The van der Waals surface area contributed by atoms with Crippen molar-refractivity contribution < 1.29 is 32.2 Å². The standard InChI is InChI=1S/C34H41ClN2O7S/c1-42-30-8-4-3-7-26(18-32(38)43-2)45(40,41)36-33(39)23-10-14-31-29(17-23)37(19-24-9-12-27(24)30)20-34(21-44-31)15-5-6-22-16-25(35)11-13-28(22)34/h4,8,10-11,13-14,16-17,24,26-27,30H,3,5-7,9,12,15,18-21H2,1-2H3,(H,36,39)/b8-4-/t24-,26-,27+,30-,34-/m0/s1. The van der Waals surface area contributed by atoms with Crippen molar-refractivity contribution in [2.24, 2.45) is 11.8 Å². The molecule has 242 valence electrons. The number of aryl methyl sites for hydroxylation is 1. The van der Waals surface area contributed by atoms with Gasteiger partial charge in [0.1, 0.15) is 5.75 Å². The minimum absolute atomic E-state index is 0.118. The molecule has 1 fully saturated rings. The maximum Gasteiger partial charge on any atom is 0.306 e. The molecular formula is C34H41ClN2O7S. The third kappa shape index (κ3) is 6.46. The highest BCUT2D eigenvalue weighted by molar-refractivity contribution is 7.90. The van der Waals surface area contributed by atoms with Crippen molar-refractivity contribution >= 4 is 39.2 Å². The topological polar surface area (TPSA) is 111 Å². The molecule has 1 spiro atoms. The number of carbonyl (C=O) groups is 2. The van der Waals surface area contributed by atoms with Crippen LogP contribution in [0.25, 0.3) is 0 Å². The van der Waals surface area contributed by atoms with E-state index in [-0.39, 0.29) is 29.9 Å². The number of esters is 1. The molecule has 11 heteroatoms. The van der Waals surface area contributed by atoms with E-state index in [1.807, 2.05) is 18.2 Å². The van der Waals surface area contributed by atoms with Gasteiger partial charge in [-0.1, -0.05) is 29.8 Å². The number of anilines is 1. The van der Waals surface area contributed by atoms with Gasteiger partial charge in [-0.15, -0.1) is 0 Å². The Bertz CT molecular complexity index is 1590. The van der Waals surface area contributed by atoms with Crippen molar-refractivity contribution in [2.75, 3.05) is 38.8 Å². The predicted molar refractivity (Wildman–Crippen MR) is 172 cm³/mol. The first-order chi connectivity index (χ1) is 21.6. The van der Waals surface area contributed by atoms with Crippen molar-refractivity contribution in [3.8, 4) is 5.75 Å². The summed E-state index contributed by atoms with van der Waals surface area (Å²) < 4.78 is 46.4. The second-order valence-electron chi connectivity index (χ2n) is 12.9. The second-order valence-corrected chi connectivity index (χ2v) is 15.3. The Labute approximate surface area is 270 Å². The van der Waals surface area contributed by atoms with Crippen LogP contribution in [-0.2, 0) is 36.1 Å². The van der Waals surface area contributed by atoms with Crippen LogP contribution in [-0.4, -0.2) is 65.6 Å². The molecule has 45 heavy (non-hydrogen) atoms. The predicted octanol–water partition coefficient (Wildman–Crippen LogP) is 5.20. The number of sulfonamides is 1. The number of amides is 1. The van der Waals surface area contributed by atoms with E-state index in [1.165, 1.54) is 18.2 Å². The Morgan fingerprint density at radius 3 is 2.76 bits per heavy atom. The summed E-state index contributed by atoms with van der Waals surface area (Å²) in [5.74, 6) is -0.0829. The molecular weight excluding hydrogens is 616 g/mol. The van der Waals surface area contributed by atoms with Crippen molar-refractivity contribution in [2.45, 2.75) is 68.1 Å². The number of ether oxygens (including phenoxy) is 3. The molecule has 9 nitrogen and oxygen atoms in total. The summed E-state index contributed by atoms with van der Waals surface area (Å²) in [5, 5.41) is -0.409. The lowest BCUT2D eigenvalue weighted by Crippen LogP contribution is -2.49. The quantitative estimate of drug-likeness (QED) is 0.355. The van der Waals surface area contributed by atoms with Gasteiger partial charge in [-0.2, -0.15) is 0 Å². The lowest BCUT2D eigenvalue weighted by Gasteiger charge is -2.46. The maximum absolute atomic E-state index is 13.5. The molecule has 0 aromatic heterocycles. The molecule has 1 saturated carbocycles. The SMILES string of the molecule is COC(=O)C[C@@H]1CC/C=C\[C@H](OC)[C@@H]2CC[C@H]2CN2C[C@@]3(CCCc4cc(Cl)ccc43)COc3ccc(cc32)C(=O)NS1(=O)=O. The summed E-state index contributed by atoms with van der Waals surface area (Å²) in [5.41, 5.74) is 3.20. The molecule has 0 radical (unpaired) electrons. The van der Waals surface area contributed by atoms with Crippen LogP contribution in [0.4, 0.5) is 5.69 Å². The molecule has 1 amide bonds. The number of benzene rings is 2. The van der Waals surface area contributed by atoms with E-state index >= 15 is 0 Å². The number of rotatable bonds is 3. The highest BCUT2D eigenvalue weighted by Crippen LogP contribution is 2.47. The fraction of sp³-hybridized carbons (Fsp3) is 0.529. The summed E-state index contributed by atoms with van der Waals surface area (Å²) in [4.78, 5) is 28.0. The number of methoxy groups -OCH3 is 2. The average molecular weight is 657 g/mol. The second kappa shape index (κ2) is 13.0. The maximum atomic E-state index is 13.5. The molecule has 0 saturated heterocycles. The van der Waals surface area contributed by atoms with Gasteiger partial charge in [-0.05, 0) is 98.2 Å². The third-order valence-corrected chi connectivity index (χ3v) is 12.2. The molecule has 2 heterocycles. The normalized spacial score (nSPS) is 30.0. The highest BCUT2D eigenvalue weighted by atomic mass is 35.5. The Morgan fingerprint density at radius 2 is 2.00 bits per heavy atom. The van der Waals surface area contributed by atoms with E-state index < -0.39 is 27.1 Å². The minimum Gasteiger partial charge on any atom is -0.490 e. The molecule has 2 aliphatic heterocycles. The van der Waals surface area contributed by atoms with Gasteiger partial charge in [0.2, 0.25) is 10.0 Å². The molecule has 2 aromatic carbocycles. The zero-order chi connectivity index (χ0) is 31.8. The van der Waals surface area contributed by atoms with Gasteiger partial charge in [0.25, 0.3) is 5.91 Å². The van der Waals surface area contributed by atoms with E-state index in [4.69, 9.17) is 25.8 Å². The molecule has 6 rings (SSSR count). The summed E-state index contributed by atoms with van der Waals surface area (Å²) in [7, 11) is -1.27. The van der Waals surface area contributed by atoms with Crippen LogP contribution < -0.4 is 14.4 Å². The summed E-state index contributed by atoms with van der Waals surface area (Å²) >= 11 is 6.40. The van der Waals surface area contributed by atoms with E-state index in [0.717, 1.165) is 49.4 Å². The fourth-order valence-electron chi connectivity index (χ4n) is 7.61. The number of allylic oxidation sites excluding steroid dienone is 1. The minimum atomic E-state index is -4.20. The molecule has 2 bridgehead atoms. The van der Waals surface area contributed by atoms with Crippen LogP contribution in [0.3, 0.4) is 0 Å². The first kappa shape index (κ1) is 31.9. The number of hydrogen-bond acceptors (Lipinski definition) is 8. The Morgan fingerprint density at radius 1 is 1.16 bits per heavy atom. The number of fused-ring (bicyclic) bond motifs is 4. The molecule has 1 N–H and O–H groups in total. The van der Waals surface area contributed by atoms with Crippen molar-refractivity contribution in [3.63, 3.8) is 0 Å².